The maximum atomic E-state index is 12.5. The summed E-state index contributed by atoms with van der Waals surface area (Å²) in [6.07, 6.45) is 8.78. The number of piperidine rings is 1. The maximum Gasteiger partial charge on any atom is 0.227 e. The smallest absolute Gasteiger partial charge is 0.227 e. The molecular weight excluding hydrogens is 274 g/mol. The highest BCUT2D eigenvalue weighted by Gasteiger charge is 2.24. The number of amides is 1. The van der Waals surface area contributed by atoms with Gasteiger partial charge in [-0.1, -0.05) is 24.1 Å². The van der Waals surface area contributed by atoms with Gasteiger partial charge in [0.25, 0.3) is 0 Å². The van der Waals surface area contributed by atoms with Gasteiger partial charge in [-0.3, -0.25) is 14.7 Å². The van der Waals surface area contributed by atoms with E-state index in [9.17, 15) is 4.79 Å². The lowest BCUT2D eigenvalue weighted by atomic mass is 9.95. The molecule has 3 rings (SSSR count). The van der Waals surface area contributed by atoms with Gasteiger partial charge in [-0.05, 0) is 38.1 Å². The highest BCUT2D eigenvalue weighted by atomic mass is 16.1. The summed E-state index contributed by atoms with van der Waals surface area (Å²) in [7, 11) is 0. The number of benzene rings is 1. The molecule has 1 aliphatic heterocycles. The van der Waals surface area contributed by atoms with Crippen molar-refractivity contribution in [1.29, 1.82) is 0 Å². The Morgan fingerprint density at radius 3 is 2.86 bits per heavy atom. The van der Waals surface area contributed by atoms with Crippen LogP contribution in [-0.2, 0) is 4.79 Å². The molecule has 2 aromatic rings. The lowest BCUT2D eigenvalue weighted by molar-refractivity contribution is -0.121. The van der Waals surface area contributed by atoms with Crippen LogP contribution in [0.1, 0.15) is 12.8 Å². The summed E-state index contributed by atoms with van der Waals surface area (Å²) < 4.78 is 0. The Labute approximate surface area is 130 Å². The summed E-state index contributed by atoms with van der Waals surface area (Å²) in [5.41, 5.74) is 1.62. The molecule has 2 heterocycles. The number of rotatable bonds is 3. The van der Waals surface area contributed by atoms with Crippen LogP contribution < -0.4 is 5.32 Å². The Balaban J connectivity index is 1.68. The summed E-state index contributed by atoms with van der Waals surface area (Å²) >= 11 is 0. The minimum Gasteiger partial charge on any atom is -0.324 e. The summed E-state index contributed by atoms with van der Waals surface area (Å²) in [5, 5.41) is 4.07. The van der Waals surface area contributed by atoms with Gasteiger partial charge in [0.2, 0.25) is 5.91 Å². The average molecular weight is 293 g/mol. The minimum atomic E-state index is 0.0491. The lowest BCUT2D eigenvalue weighted by Gasteiger charge is -2.29. The number of nitrogens with one attached hydrogen (secondary N) is 1. The predicted octanol–water partition coefficient (Wildman–Crippen LogP) is 2.52. The van der Waals surface area contributed by atoms with Crippen LogP contribution in [0.15, 0.2) is 36.5 Å². The van der Waals surface area contributed by atoms with E-state index in [0.29, 0.717) is 6.54 Å². The molecule has 4 nitrogen and oxygen atoms in total. The molecule has 0 spiro atoms. The number of hydrogen-bond donors (Lipinski definition) is 1. The first kappa shape index (κ1) is 14.6. The number of likely N-dealkylation sites (tertiary alicyclic amines) is 1. The van der Waals surface area contributed by atoms with Gasteiger partial charge in [0, 0.05) is 17.5 Å². The fourth-order valence-electron chi connectivity index (χ4n) is 2.92. The third-order valence-corrected chi connectivity index (χ3v) is 4.16. The van der Waals surface area contributed by atoms with Gasteiger partial charge < -0.3 is 5.32 Å². The van der Waals surface area contributed by atoms with Gasteiger partial charge in [0.15, 0.2) is 0 Å². The molecule has 22 heavy (non-hydrogen) atoms. The summed E-state index contributed by atoms with van der Waals surface area (Å²) in [4.78, 5) is 19.1. The van der Waals surface area contributed by atoms with Gasteiger partial charge in [0.1, 0.15) is 0 Å². The predicted molar refractivity (Wildman–Crippen MR) is 88.4 cm³/mol. The molecule has 4 heteroatoms. The van der Waals surface area contributed by atoms with Crippen molar-refractivity contribution >= 4 is 22.5 Å². The van der Waals surface area contributed by atoms with E-state index in [1.165, 1.54) is 0 Å². The zero-order valence-corrected chi connectivity index (χ0v) is 12.5. The first-order valence-corrected chi connectivity index (χ1v) is 7.58. The van der Waals surface area contributed by atoms with E-state index >= 15 is 0 Å². The molecule has 1 aliphatic rings. The molecule has 0 radical (unpaired) electrons. The Kier molecular flexibility index (Phi) is 4.36. The first-order chi connectivity index (χ1) is 10.8. The number of pyridine rings is 1. The van der Waals surface area contributed by atoms with Crippen LogP contribution >= 0.6 is 0 Å². The van der Waals surface area contributed by atoms with Crippen LogP contribution in [0.25, 0.3) is 10.9 Å². The van der Waals surface area contributed by atoms with Crippen LogP contribution in [0.4, 0.5) is 5.69 Å². The Morgan fingerprint density at radius 1 is 1.32 bits per heavy atom. The van der Waals surface area contributed by atoms with Crippen molar-refractivity contribution in [3.8, 4) is 12.3 Å². The molecule has 0 saturated carbocycles. The molecule has 0 unspecified atom stereocenters. The van der Waals surface area contributed by atoms with Crippen LogP contribution in [0, 0.1) is 18.3 Å². The van der Waals surface area contributed by atoms with Crippen molar-refractivity contribution in [2.45, 2.75) is 12.8 Å². The normalized spacial score (nSPS) is 16.3. The third kappa shape index (κ3) is 3.10. The van der Waals surface area contributed by atoms with E-state index in [1.54, 1.807) is 6.20 Å². The van der Waals surface area contributed by atoms with E-state index in [1.807, 2.05) is 30.3 Å². The number of terminal acetylenes is 1. The van der Waals surface area contributed by atoms with Crippen molar-refractivity contribution in [3.05, 3.63) is 36.5 Å². The van der Waals surface area contributed by atoms with Crippen molar-refractivity contribution < 1.29 is 4.79 Å². The average Bonchev–Trinajstić information content (AvgIpc) is 2.56. The molecule has 1 fully saturated rings. The number of carbonyl (C=O) groups is 1. The maximum absolute atomic E-state index is 12.5. The number of para-hydroxylation sites is 1. The second-order valence-corrected chi connectivity index (χ2v) is 5.62. The van der Waals surface area contributed by atoms with E-state index in [4.69, 9.17) is 6.42 Å². The van der Waals surface area contributed by atoms with Crippen molar-refractivity contribution in [2.24, 2.45) is 5.92 Å². The highest BCUT2D eigenvalue weighted by Crippen LogP contribution is 2.23. The zero-order chi connectivity index (χ0) is 15.4. The van der Waals surface area contributed by atoms with E-state index < -0.39 is 0 Å². The van der Waals surface area contributed by atoms with Gasteiger partial charge in [-0.2, -0.15) is 0 Å². The topological polar surface area (TPSA) is 45.2 Å². The standard InChI is InChI=1S/C18H19N3O/c1-2-11-21-12-8-15(9-13-21)18(22)20-16-7-3-5-14-6-4-10-19-17(14)16/h1,3-7,10,15H,8-9,11-13H2,(H,20,22). The molecule has 0 atom stereocenters. The van der Waals surface area contributed by atoms with Crippen molar-refractivity contribution in [3.63, 3.8) is 0 Å². The first-order valence-electron chi connectivity index (χ1n) is 7.58. The fourth-order valence-corrected chi connectivity index (χ4v) is 2.92. The number of carbonyl (C=O) groups excluding carboxylic acids is 1. The van der Waals surface area contributed by atoms with Crippen LogP contribution in [-0.4, -0.2) is 35.4 Å². The molecule has 1 saturated heterocycles. The molecule has 1 amide bonds. The van der Waals surface area contributed by atoms with E-state index in [0.717, 1.165) is 42.5 Å². The summed E-state index contributed by atoms with van der Waals surface area (Å²) in [6.45, 7) is 2.44. The SMILES string of the molecule is C#CCN1CCC(C(=O)Nc2cccc3cccnc23)CC1. The van der Waals surface area contributed by atoms with Crippen LogP contribution in [0.2, 0.25) is 0 Å². The van der Waals surface area contributed by atoms with Gasteiger partial charge in [-0.15, -0.1) is 6.42 Å². The van der Waals surface area contributed by atoms with E-state index in [-0.39, 0.29) is 11.8 Å². The van der Waals surface area contributed by atoms with E-state index in [2.05, 4.69) is 21.1 Å². The van der Waals surface area contributed by atoms with Crippen LogP contribution in [0.5, 0.6) is 0 Å². The number of fused-ring (bicyclic) bond motifs is 1. The quantitative estimate of drug-likeness (QED) is 0.885. The second kappa shape index (κ2) is 6.59. The van der Waals surface area contributed by atoms with Gasteiger partial charge in [0.05, 0.1) is 17.7 Å². The molecule has 1 N–H and O–H groups in total. The lowest BCUT2D eigenvalue weighted by Crippen LogP contribution is -2.38. The number of aromatic nitrogens is 1. The minimum absolute atomic E-state index is 0.0491. The second-order valence-electron chi connectivity index (χ2n) is 5.62. The summed E-state index contributed by atoms with van der Waals surface area (Å²) in [6, 6.07) is 9.73. The number of anilines is 1. The Morgan fingerprint density at radius 2 is 2.09 bits per heavy atom. The Hall–Kier alpha value is -2.38. The molecule has 0 aliphatic carbocycles. The molecule has 112 valence electrons. The van der Waals surface area contributed by atoms with Crippen LogP contribution in [0.3, 0.4) is 0 Å². The van der Waals surface area contributed by atoms with Gasteiger partial charge in [-0.25, -0.2) is 0 Å². The highest BCUT2D eigenvalue weighted by molar-refractivity contribution is 6.01. The third-order valence-electron chi connectivity index (χ3n) is 4.16. The molecule has 0 bridgehead atoms. The Bertz CT molecular complexity index is 706. The fraction of sp³-hybridized carbons (Fsp3) is 0.333. The van der Waals surface area contributed by atoms with Crippen molar-refractivity contribution in [1.82, 2.24) is 9.88 Å². The van der Waals surface area contributed by atoms with Gasteiger partial charge >= 0.3 is 0 Å². The molecular formula is C18H19N3O. The summed E-state index contributed by atoms with van der Waals surface area (Å²) in [5.74, 6) is 2.79. The number of hydrogen-bond acceptors (Lipinski definition) is 3. The number of nitrogens with zero attached hydrogens (tertiary/aromatic N) is 2. The zero-order valence-electron chi connectivity index (χ0n) is 12.5. The molecule has 1 aromatic carbocycles. The molecule has 1 aromatic heterocycles. The largest absolute Gasteiger partial charge is 0.324 e. The monoisotopic (exact) mass is 293 g/mol. The van der Waals surface area contributed by atoms with Crippen molar-refractivity contribution in [2.75, 3.05) is 25.0 Å².